The fourth-order valence-corrected chi connectivity index (χ4v) is 2.11. The van der Waals surface area contributed by atoms with Crippen LogP contribution in [-0.4, -0.2) is 29.9 Å². The molecule has 122 valence electrons. The predicted molar refractivity (Wildman–Crippen MR) is 60.8 cm³/mol. The highest BCUT2D eigenvalue weighted by Gasteiger charge is 2.59. The molecule has 1 unspecified atom stereocenters. The molecule has 0 fully saturated rings. The molecule has 8 heteroatoms. The summed E-state index contributed by atoms with van der Waals surface area (Å²) in [6.45, 7) is 7.98. The summed E-state index contributed by atoms with van der Waals surface area (Å²) in [5, 5.41) is 9.62. The van der Waals surface area contributed by atoms with Crippen molar-refractivity contribution in [1.82, 2.24) is 0 Å². The molecule has 0 aliphatic carbocycles. The Morgan fingerprint density at radius 1 is 0.850 bits per heavy atom. The summed E-state index contributed by atoms with van der Waals surface area (Å²) in [7, 11) is 0. The maximum absolute atomic E-state index is 12.3. The summed E-state index contributed by atoms with van der Waals surface area (Å²) in [5.74, 6) is 0. The first kappa shape index (κ1) is 19.5. The molecule has 1 N–H and O–H groups in total. The van der Waals surface area contributed by atoms with Gasteiger partial charge in [-0.2, -0.15) is 26.3 Å². The molecule has 0 saturated heterocycles. The lowest BCUT2D eigenvalue weighted by molar-refractivity contribution is -0.360. The van der Waals surface area contributed by atoms with Gasteiger partial charge in [0.15, 0.2) is 6.29 Å². The molecule has 0 aliphatic rings. The number of aliphatic hydroxyl groups excluding tert-OH is 1. The van der Waals surface area contributed by atoms with Crippen LogP contribution >= 0.6 is 0 Å². The van der Waals surface area contributed by atoms with E-state index in [9.17, 15) is 31.4 Å². The van der Waals surface area contributed by atoms with E-state index >= 15 is 0 Å². The fourth-order valence-electron chi connectivity index (χ4n) is 2.11. The zero-order chi connectivity index (χ0) is 16.6. The molecular formula is C12H20F6O2. The smallest absolute Gasteiger partial charge is 0.367 e. The molecule has 0 aromatic carbocycles. The number of rotatable bonds is 4. The van der Waals surface area contributed by atoms with Crippen LogP contribution in [0.5, 0.6) is 0 Å². The molecule has 0 saturated carbocycles. The Bertz CT molecular complexity index is 299. The summed E-state index contributed by atoms with van der Waals surface area (Å²) in [6.07, 6.45) is -17.3. The maximum Gasteiger partial charge on any atom is 0.423 e. The molecule has 2 nitrogen and oxygen atoms in total. The van der Waals surface area contributed by atoms with Crippen LogP contribution in [0, 0.1) is 10.8 Å². The summed E-state index contributed by atoms with van der Waals surface area (Å²) >= 11 is 0. The van der Waals surface area contributed by atoms with E-state index in [-0.39, 0.29) is 11.8 Å². The minimum absolute atomic E-state index is 0.184. The van der Waals surface area contributed by atoms with Crippen LogP contribution in [0.15, 0.2) is 0 Å². The van der Waals surface area contributed by atoms with Gasteiger partial charge in [0.1, 0.15) is 0 Å². The molecule has 1 atom stereocenters. The van der Waals surface area contributed by atoms with Crippen LogP contribution in [-0.2, 0) is 4.74 Å². The second kappa shape index (κ2) is 5.71. The van der Waals surface area contributed by atoms with Crippen LogP contribution in [0.3, 0.4) is 0 Å². The van der Waals surface area contributed by atoms with E-state index < -0.39 is 30.2 Å². The molecule has 0 amide bonds. The minimum Gasteiger partial charge on any atom is -0.367 e. The van der Waals surface area contributed by atoms with Crippen molar-refractivity contribution in [2.24, 2.45) is 10.8 Å². The highest BCUT2D eigenvalue weighted by molar-refractivity contribution is 4.82. The minimum atomic E-state index is -5.63. The van der Waals surface area contributed by atoms with Gasteiger partial charge < -0.3 is 9.84 Å². The van der Waals surface area contributed by atoms with Crippen molar-refractivity contribution in [2.45, 2.75) is 65.8 Å². The molecular weight excluding hydrogens is 290 g/mol. The third-order valence-electron chi connectivity index (χ3n) is 2.51. The molecule has 0 spiro atoms. The van der Waals surface area contributed by atoms with Crippen LogP contribution in [0.4, 0.5) is 26.3 Å². The van der Waals surface area contributed by atoms with E-state index in [1.54, 1.807) is 20.8 Å². The highest BCUT2D eigenvalue weighted by Crippen LogP contribution is 2.41. The number of hydrogen-bond donors (Lipinski definition) is 1. The average Bonchev–Trinajstić information content (AvgIpc) is 2.05. The molecule has 0 heterocycles. The number of alkyl halides is 6. The van der Waals surface area contributed by atoms with Crippen LogP contribution in [0.2, 0.25) is 0 Å². The lowest BCUT2D eigenvalue weighted by Crippen LogP contribution is -2.49. The lowest BCUT2D eigenvalue weighted by atomic mass is 9.76. The second-order valence-electron chi connectivity index (χ2n) is 6.68. The average molecular weight is 310 g/mol. The molecule has 0 bridgehead atoms. The van der Waals surface area contributed by atoms with Gasteiger partial charge in [-0.05, 0) is 11.8 Å². The van der Waals surface area contributed by atoms with Crippen molar-refractivity contribution < 1.29 is 36.2 Å². The van der Waals surface area contributed by atoms with Crippen molar-refractivity contribution in [3.8, 4) is 0 Å². The molecule has 0 aromatic heterocycles. The van der Waals surface area contributed by atoms with Gasteiger partial charge in [-0.3, -0.25) is 0 Å². The summed E-state index contributed by atoms with van der Waals surface area (Å²) in [6, 6.07) is 0. The first-order valence-corrected chi connectivity index (χ1v) is 5.94. The maximum atomic E-state index is 12.3. The Morgan fingerprint density at radius 3 is 1.45 bits per heavy atom. The highest BCUT2D eigenvalue weighted by atomic mass is 19.4. The van der Waals surface area contributed by atoms with Crippen molar-refractivity contribution in [3.05, 3.63) is 0 Å². The Kier molecular flexibility index (Phi) is 5.57. The first-order chi connectivity index (χ1) is 8.47. The van der Waals surface area contributed by atoms with E-state index in [1.165, 1.54) is 13.8 Å². The Balaban J connectivity index is 5.07. The Morgan fingerprint density at radius 2 is 1.20 bits per heavy atom. The standard InChI is InChI=1S/C12H20F6O2/c1-9(2,3)6-10(4,5)8(19)20-7(11(13,14)15)12(16,17)18/h7-8,19H,6H2,1-5H3. The summed E-state index contributed by atoms with van der Waals surface area (Å²) in [5.41, 5.74) is -1.65. The van der Waals surface area contributed by atoms with Crippen LogP contribution < -0.4 is 0 Å². The third kappa shape index (κ3) is 6.30. The van der Waals surface area contributed by atoms with Crippen molar-refractivity contribution in [2.75, 3.05) is 0 Å². The molecule has 0 aromatic rings. The summed E-state index contributed by atoms with van der Waals surface area (Å²) < 4.78 is 78.0. The van der Waals surface area contributed by atoms with Gasteiger partial charge in [0.25, 0.3) is 6.10 Å². The predicted octanol–water partition coefficient (Wildman–Crippen LogP) is 4.28. The van der Waals surface area contributed by atoms with Crippen LogP contribution in [0.1, 0.15) is 41.0 Å². The van der Waals surface area contributed by atoms with Gasteiger partial charge in [-0.1, -0.05) is 34.6 Å². The number of hydrogen-bond acceptors (Lipinski definition) is 2. The zero-order valence-corrected chi connectivity index (χ0v) is 12.0. The van der Waals surface area contributed by atoms with E-state index in [1.807, 2.05) is 0 Å². The monoisotopic (exact) mass is 310 g/mol. The number of ether oxygens (including phenoxy) is 1. The van der Waals surface area contributed by atoms with Gasteiger partial charge in [0, 0.05) is 5.41 Å². The first-order valence-electron chi connectivity index (χ1n) is 5.94. The fraction of sp³-hybridized carbons (Fsp3) is 1.00. The Labute approximate surface area is 114 Å². The molecule has 0 rings (SSSR count). The van der Waals surface area contributed by atoms with Gasteiger partial charge >= 0.3 is 12.4 Å². The van der Waals surface area contributed by atoms with Gasteiger partial charge in [0.05, 0.1) is 0 Å². The van der Waals surface area contributed by atoms with Crippen molar-refractivity contribution in [3.63, 3.8) is 0 Å². The SMILES string of the molecule is CC(C)(C)CC(C)(C)C(O)OC(C(F)(F)F)C(F)(F)F. The topological polar surface area (TPSA) is 29.5 Å². The van der Waals surface area contributed by atoms with E-state index in [0.717, 1.165) is 0 Å². The van der Waals surface area contributed by atoms with E-state index in [4.69, 9.17) is 0 Å². The van der Waals surface area contributed by atoms with E-state index in [0.29, 0.717) is 0 Å². The Hall–Kier alpha value is -0.500. The molecule has 0 radical (unpaired) electrons. The number of aliphatic hydroxyl groups is 1. The van der Waals surface area contributed by atoms with E-state index in [2.05, 4.69) is 4.74 Å². The second-order valence-corrected chi connectivity index (χ2v) is 6.68. The summed E-state index contributed by atoms with van der Waals surface area (Å²) in [4.78, 5) is 0. The van der Waals surface area contributed by atoms with Gasteiger partial charge in [0.2, 0.25) is 0 Å². The number of halogens is 6. The third-order valence-corrected chi connectivity index (χ3v) is 2.51. The zero-order valence-electron chi connectivity index (χ0n) is 12.0. The van der Waals surface area contributed by atoms with Gasteiger partial charge in [-0.15, -0.1) is 0 Å². The van der Waals surface area contributed by atoms with Crippen LogP contribution in [0.25, 0.3) is 0 Å². The van der Waals surface area contributed by atoms with Gasteiger partial charge in [-0.25, -0.2) is 0 Å². The van der Waals surface area contributed by atoms with Crippen molar-refractivity contribution >= 4 is 0 Å². The molecule has 20 heavy (non-hydrogen) atoms. The largest absolute Gasteiger partial charge is 0.423 e. The lowest BCUT2D eigenvalue weighted by Gasteiger charge is -2.38. The van der Waals surface area contributed by atoms with Crippen molar-refractivity contribution in [1.29, 1.82) is 0 Å². The molecule has 0 aliphatic heterocycles. The normalized spacial score (nSPS) is 16.6. The quantitative estimate of drug-likeness (QED) is 0.620.